The highest BCUT2D eigenvalue weighted by atomic mass is 32.2. The summed E-state index contributed by atoms with van der Waals surface area (Å²) in [6.45, 7) is 4.70. The van der Waals surface area contributed by atoms with Gasteiger partial charge in [-0.05, 0) is 62.8 Å². The van der Waals surface area contributed by atoms with Gasteiger partial charge in [-0.1, -0.05) is 25.0 Å². The van der Waals surface area contributed by atoms with Gasteiger partial charge in [-0.15, -0.1) is 0 Å². The number of furan rings is 1. The van der Waals surface area contributed by atoms with Gasteiger partial charge in [0.05, 0.1) is 41.6 Å². The maximum atomic E-state index is 13.3. The van der Waals surface area contributed by atoms with E-state index in [0.29, 0.717) is 98.1 Å². The van der Waals surface area contributed by atoms with E-state index in [1.54, 1.807) is 64.8 Å². The fraction of sp³-hybridized carbons (Fsp3) is 0.459. The molecule has 2 aliphatic heterocycles. The lowest BCUT2D eigenvalue weighted by Gasteiger charge is -2.38. The van der Waals surface area contributed by atoms with Crippen molar-refractivity contribution in [3.63, 3.8) is 0 Å². The molecular formula is C37H43N5O7S. The number of amides is 2. The second-order valence-corrected chi connectivity index (χ2v) is 15.8. The Balaban J connectivity index is 0.925. The molecule has 1 aromatic carbocycles. The number of hydrogen-bond donors (Lipinski definition) is 0. The summed E-state index contributed by atoms with van der Waals surface area (Å²) in [5, 5.41) is 0.488. The van der Waals surface area contributed by atoms with Gasteiger partial charge in [-0.3, -0.25) is 29.2 Å². The molecule has 2 amide bonds. The topological polar surface area (TPSA) is 135 Å². The standard InChI is InChI=1S/C37H43N5O7S/c1-25-21-41(50(46,47)18-8-4-3-7-15-42-36(44)29-9-5-6-10-30(29)37(42)45)17-16-40(25)22-27-19-31-34(49-27)32(23-39(2)35(31)43)28-13-14-38-20-33(28)48-24-26-11-12-26/h5-6,9-10,13-14,19-20,23,25-26H,3-4,7-8,11-12,15-18,21-22,24H2,1-2H3. The summed E-state index contributed by atoms with van der Waals surface area (Å²) in [5.41, 5.74) is 2.81. The number of ether oxygens (including phenoxy) is 1. The van der Waals surface area contributed by atoms with E-state index in [2.05, 4.69) is 9.88 Å². The zero-order valence-electron chi connectivity index (χ0n) is 28.5. The van der Waals surface area contributed by atoms with Crippen molar-refractivity contribution in [3.8, 4) is 16.9 Å². The first kappa shape index (κ1) is 34.1. The monoisotopic (exact) mass is 701 g/mol. The van der Waals surface area contributed by atoms with Crippen LogP contribution in [0.25, 0.3) is 22.1 Å². The minimum Gasteiger partial charge on any atom is -0.491 e. The molecule has 0 bridgehead atoms. The van der Waals surface area contributed by atoms with Crippen LogP contribution in [0.2, 0.25) is 0 Å². The van der Waals surface area contributed by atoms with Crippen LogP contribution in [0, 0.1) is 5.92 Å². The molecule has 0 N–H and O–H groups in total. The summed E-state index contributed by atoms with van der Waals surface area (Å²) >= 11 is 0. The lowest BCUT2D eigenvalue weighted by Crippen LogP contribution is -2.53. The van der Waals surface area contributed by atoms with E-state index in [0.717, 1.165) is 17.5 Å². The van der Waals surface area contributed by atoms with Gasteiger partial charge in [-0.25, -0.2) is 8.42 Å². The lowest BCUT2D eigenvalue weighted by atomic mass is 10.1. The summed E-state index contributed by atoms with van der Waals surface area (Å²) in [7, 11) is -1.72. The maximum absolute atomic E-state index is 13.3. The molecule has 3 aromatic heterocycles. The van der Waals surface area contributed by atoms with E-state index in [4.69, 9.17) is 9.15 Å². The number of benzene rings is 1. The molecule has 0 spiro atoms. The number of unbranched alkanes of at least 4 members (excludes halogenated alkanes) is 3. The van der Waals surface area contributed by atoms with Gasteiger partial charge in [-0.2, -0.15) is 4.31 Å². The Morgan fingerprint density at radius 3 is 2.40 bits per heavy atom. The predicted octanol–water partition coefficient (Wildman–Crippen LogP) is 4.67. The Bertz CT molecular complexity index is 2050. The molecule has 4 aromatic rings. The third kappa shape index (κ3) is 6.99. The molecule has 5 heterocycles. The molecule has 13 heteroatoms. The van der Waals surface area contributed by atoms with Crippen LogP contribution in [-0.2, 0) is 23.6 Å². The number of piperazine rings is 1. The van der Waals surface area contributed by atoms with Gasteiger partial charge >= 0.3 is 0 Å². The molecule has 1 aliphatic carbocycles. The highest BCUT2D eigenvalue weighted by Crippen LogP contribution is 2.37. The number of fused-ring (bicyclic) bond motifs is 2. The van der Waals surface area contributed by atoms with Gasteiger partial charge < -0.3 is 13.7 Å². The van der Waals surface area contributed by atoms with Crippen molar-refractivity contribution in [1.29, 1.82) is 0 Å². The largest absolute Gasteiger partial charge is 0.491 e. The van der Waals surface area contributed by atoms with Crippen molar-refractivity contribution in [2.75, 3.05) is 38.5 Å². The zero-order valence-corrected chi connectivity index (χ0v) is 29.4. The van der Waals surface area contributed by atoms with Gasteiger partial charge in [0.15, 0.2) is 0 Å². The van der Waals surface area contributed by atoms with E-state index in [1.165, 1.54) is 17.7 Å². The van der Waals surface area contributed by atoms with Crippen LogP contribution in [-0.4, -0.2) is 88.5 Å². The van der Waals surface area contributed by atoms with Crippen LogP contribution in [0.1, 0.15) is 71.9 Å². The first-order valence-electron chi connectivity index (χ1n) is 17.5. The minimum atomic E-state index is -3.44. The van der Waals surface area contributed by atoms with Crippen molar-refractivity contribution in [3.05, 3.63) is 82.2 Å². The van der Waals surface area contributed by atoms with Crippen molar-refractivity contribution in [2.24, 2.45) is 13.0 Å². The third-order valence-corrected chi connectivity index (χ3v) is 12.0. The van der Waals surface area contributed by atoms with E-state index in [-0.39, 0.29) is 29.2 Å². The summed E-state index contributed by atoms with van der Waals surface area (Å²) in [4.78, 5) is 46.0. The lowest BCUT2D eigenvalue weighted by molar-refractivity contribution is 0.0651. The second-order valence-electron chi connectivity index (χ2n) is 13.8. The molecule has 50 heavy (non-hydrogen) atoms. The number of aromatic nitrogens is 2. The van der Waals surface area contributed by atoms with Gasteiger partial charge in [0, 0.05) is 62.8 Å². The Morgan fingerprint density at radius 1 is 0.940 bits per heavy atom. The quantitative estimate of drug-likeness (QED) is 0.136. The first-order valence-corrected chi connectivity index (χ1v) is 19.1. The van der Waals surface area contributed by atoms with Gasteiger partial charge in [0.2, 0.25) is 10.0 Å². The number of nitrogens with zero attached hydrogens (tertiary/aromatic N) is 5. The molecule has 7 rings (SSSR count). The number of rotatable bonds is 14. The maximum Gasteiger partial charge on any atom is 0.261 e. The molecule has 2 fully saturated rings. The van der Waals surface area contributed by atoms with Gasteiger partial charge in [0.1, 0.15) is 17.1 Å². The fourth-order valence-electron chi connectivity index (χ4n) is 6.91. The minimum absolute atomic E-state index is 0.0590. The molecule has 1 unspecified atom stereocenters. The summed E-state index contributed by atoms with van der Waals surface area (Å²) in [5.74, 6) is 1.41. The van der Waals surface area contributed by atoms with E-state index < -0.39 is 10.0 Å². The zero-order chi connectivity index (χ0) is 35.0. The number of pyridine rings is 2. The number of imide groups is 1. The summed E-state index contributed by atoms with van der Waals surface area (Å²) in [6, 6.07) is 10.5. The van der Waals surface area contributed by atoms with Crippen LogP contribution in [0.3, 0.4) is 0 Å². The number of sulfonamides is 1. The molecule has 1 saturated carbocycles. The molecule has 1 atom stereocenters. The average Bonchev–Trinajstić information content (AvgIpc) is 3.80. The SMILES string of the molecule is CC1CN(S(=O)(=O)CCCCCCN2C(=O)c3ccccc3C2=O)CCN1Cc1cc2c(=O)n(C)cc(-c3ccncc3OCC3CC3)c2o1. The average molecular weight is 702 g/mol. The molecule has 3 aliphatic rings. The van der Waals surface area contributed by atoms with Crippen LogP contribution in [0.5, 0.6) is 5.75 Å². The van der Waals surface area contributed by atoms with E-state index >= 15 is 0 Å². The molecule has 264 valence electrons. The predicted molar refractivity (Wildman–Crippen MR) is 188 cm³/mol. The highest BCUT2D eigenvalue weighted by Gasteiger charge is 2.35. The summed E-state index contributed by atoms with van der Waals surface area (Å²) < 4.78 is 42.1. The molecule has 12 nitrogen and oxygen atoms in total. The number of carbonyl (C=O) groups is 2. The third-order valence-electron chi connectivity index (χ3n) is 10.0. The van der Waals surface area contributed by atoms with Crippen molar-refractivity contribution in [1.82, 2.24) is 23.7 Å². The van der Waals surface area contributed by atoms with E-state index in [9.17, 15) is 22.8 Å². The Hall–Kier alpha value is -4.33. The number of hydrogen-bond acceptors (Lipinski definition) is 9. The Morgan fingerprint density at radius 2 is 1.68 bits per heavy atom. The van der Waals surface area contributed by atoms with Crippen LogP contribution in [0.4, 0.5) is 0 Å². The van der Waals surface area contributed by atoms with E-state index in [1.807, 2.05) is 13.0 Å². The van der Waals surface area contributed by atoms with Crippen LogP contribution < -0.4 is 10.3 Å². The highest BCUT2D eigenvalue weighted by molar-refractivity contribution is 7.89. The van der Waals surface area contributed by atoms with Crippen molar-refractivity contribution < 1.29 is 27.2 Å². The molecule has 0 radical (unpaired) electrons. The smallest absolute Gasteiger partial charge is 0.261 e. The van der Waals surface area contributed by atoms with Crippen LogP contribution in [0.15, 0.2) is 64.2 Å². The van der Waals surface area contributed by atoms with Crippen molar-refractivity contribution >= 4 is 32.8 Å². The Labute approximate surface area is 291 Å². The Kier molecular flexibility index (Phi) is 9.64. The normalized spacial score (nSPS) is 18.7. The first-order chi connectivity index (χ1) is 24.1. The molecule has 1 saturated heterocycles. The van der Waals surface area contributed by atoms with Gasteiger partial charge in [0.25, 0.3) is 17.4 Å². The number of aryl methyl sites for hydroxylation is 1. The summed E-state index contributed by atoms with van der Waals surface area (Å²) in [6.07, 6.45) is 10.1. The second kappa shape index (κ2) is 14.1. The number of carbonyl (C=O) groups excluding carboxylic acids is 2. The van der Waals surface area contributed by atoms with Crippen LogP contribution >= 0.6 is 0 Å². The fourth-order valence-corrected chi connectivity index (χ4v) is 8.54. The molecular weight excluding hydrogens is 659 g/mol. The van der Waals surface area contributed by atoms with Crippen molar-refractivity contribution in [2.45, 2.75) is 58.0 Å².